The maximum Gasteiger partial charge on any atom is 0.0940 e. The SMILES string of the molecule is COCCNC(C)C(O)c1ccc(C)c(C)c1. The number of aryl methyl sites for hydroxylation is 2. The Labute approximate surface area is 104 Å². The summed E-state index contributed by atoms with van der Waals surface area (Å²) in [6.45, 7) is 7.53. The Morgan fingerprint density at radius 1 is 1.29 bits per heavy atom. The van der Waals surface area contributed by atoms with Gasteiger partial charge in [-0.2, -0.15) is 0 Å². The number of rotatable bonds is 6. The lowest BCUT2D eigenvalue weighted by molar-refractivity contribution is 0.126. The first-order chi connectivity index (χ1) is 8.06. The predicted octanol–water partition coefficient (Wildman–Crippen LogP) is 1.96. The smallest absolute Gasteiger partial charge is 0.0940 e. The van der Waals surface area contributed by atoms with Crippen LogP contribution in [0.25, 0.3) is 0 Å². The molecule has 0 amide bonds. The summed E-state index contributed by atoms with van der Waals surface area (Å²) >= 11 is 0. The molecule has 0 saturated carbocycles. The van der Waals surface area contributed by atoms with E-state index in [0.717, 1.165) is 12.1 Å². The fraction of sp³-hybridized carbons (Fsp3) is 0.571. The van der Waals surface area contributed by atoms with Crippen LogP contribution in [0.3, 0.4) is 0 Å². The Hall–Kier alpha value is -0.900. The molecule has 0 heterocycles. The highest BCUT2D eigenvalue weighted by Gasteiger charge is 2.15. The first kappa shape index (κ1) is 14.2. The summed E-state index contributed by atoms with van der Waals surface area (Å²) in [6, 6.07) is 6.11. The van der Waals surface area contributed by atoms with E-state index in [-0.39, 0.29) is 6.04 Å². The molecule has 0 aliphatic rings. The Kier molecular flexibility index (Phi) is 5.62. The number of nitrogens with one attached hydrogen (secondary N) is 1. The zero-order valence-corrected chi connectivity index (χ0v) is 11.2. The van der Waals surface area contributed by atoms with Gasteiger partial charge in [0.1, 0.15) is 0 Å². The molecular weight excluding hydrogens is 214 g/mol. The third-order valence-corrected chi connectivity index (χ3v) is 3.12. The van der Waals surface area contributed by atoms with E-state index in [2.05, 4.69) is 31.3 Å². The second-order valence-electron chi connectivity index (χ2n) is 4.52. The van der Waals surface area contributed by atoms with Crippen molar-refractivity contribution in [2.75, 3.05) is 20.3 Å². The zero-order valence-electron chi connectivity index (χ0n) is 11.2. The van der Waals surface area contributed by atoms with Gasteiger partial charge in [-0.25, -0.2) is 0 Å². The molecule has 2 N–H and O–H groups in total. The summed E-state index contributed by atoms with van der Waals surface area (Å²) in [5.74, 6) is 0. The van der Waals surface area contributed by atoms with Gasteiger partial charge in [-0.1, -0.05) is 18.2 Å². The Bertz CT molecular complexity index is 352. The normalized spacial score (nSPS) is 14.6. The van der Waals surface area contributed by atoms with E-state index in [0.29, 0.717) is 6.61 Å². The van der Waals surface area contributed by atoms with Gasteiger partial charge in [-0.3, -0.25) is 0 Å². The molecular formula is C14H23NO2. The second kappa shape index (κ2) is 6.74. The van der Waals surface area contributed by atoms with Gasteiger partial charge >= 0.3 is 0 Å². The lowest BCUT2D eigenvalue weighted by atomic mass is 9.99. The lowest BCUT2D eigenvalue weighted by Crippen LogP contribution is -2.34. The summed E-state index contributed by atoms with van der Waals surface area (Å²) in [4.78, 5) is 0. The number of hydrogen-bond acceptors (Lipinski definition) is 3. The maximum atomic E-state index is 10.2. The summed E-state index contributed by atoms with van der Waals surface area (Å²) in [5.41, 5.74) is 3.43. The summed E-state index contributed by atoms with van der Waals surface area (Å²) in [6.07, 6.45) is -0.480. The minimum absolute atomic E-state index is 0.0206. The monoisotopic (exact) mass is 237 g/mol. The first-order valence-electron chi connectivity index (χ1n) is 6.03. The van der Waals surface area contributed by atoms with Crippen LogP contribution in [0.1, 0.15) is 29.7 Å². The molecule has 0 aromatic heterocycles. The quantitative estimate of drug-likeness (QED) is 0.743. The largest absolute Gasteiger partial charge is 0.387 e. The first-order valence-corrected chi connectivity index (χ1v) is 6.03. The summed E-state index contributed by atoms with van der Waals surface area (Å²) in [7, 11) is 1.67. The molecule has 1 rings (SSSR count). The van der Waals surface area contributed by atoms with E-state index in [4.69, 9.17) is 4.74 Å². The van der Waals surface area contributed by atoms with Crippen molar-refractivity contribution in [1.29, 1.82) is 0 Å². The Morgan fingerprint density at radius 3 is 2.59 bits per heavy atom. The molecule has 1 aromatic rings. The van der Waals surface area contributed by atoms with Gasteiger partial charge in [0, 0.05) is 19.7 Å². The van der Waals surface area contributed by atoms with E-state index < -0.39 is 6.10 Å². The second-order valence-corrected chi connectivity index (χ2v) is 4.52. The molecule has 0 aliphatic carbocycles. The fourth-order valence-corrected chi connectivity index (χ4v) is 1.74. The third-order valence-electron chi connectivity index (χ3n) is 3.12. The maximum absolute atomic E-state index is 10.2. The Morgan fingerprint density at radius 2 is 2.00 bits per heavy atom. The molecule has 0 aliphatic heterocycles. The van der Waals surface area contributed by atoms with Crippen molar-refractivity contribution < 1.29 is 9.84 Å². The molecule has 0 saturated heterocycles. The standard InChI is InChI=1S/C14H23NO2/c1-10-5-6-13(9-11(10)2)14(16)12(3)15-7-8-17-4/h5-6,9,12,14-16H,7-8H2,1-4H3. The molecule has 3 nitrogen and oxygen atoms in total. The van der Waals surface area contributed by atoms with Crippen LogP contribution in [0.4, 0.5) is 0 Å². The summed E-state index contributed by atoms with van der Waals surface area (Å²) < 4.78 is 4.97. The van der Waals surface area contributed by atoms with Crippen molar-refractivity contribution >= 4 is 0 Å². The predicted molar refractivity (Wildman–Crippen MR) is 70.2 cm³/mol. The topological polar surface area (TPSA) is 41.5 Å². The van der Waals surface area contributed by atoms with Crippen LogP contribution in [0.15, 0.2) is 18.2 Å². The highest BCUT2D eigenvalue weighted by Crippen LogP contribution is 2.19. The number of aliphatic hydroxyl groups excluding tert-OH is 1. The van der Waals surface area contributed by atoms with Gasteiger partial charge in [0.25, 0.3) is 0 Å². The van der Waals surface area contributed by atoms with Crippen molar-refractivity contribution in [3.8, 4) is 0 Å². The molecule has 2 atom stereocenters. The van der Waals surface area contributed by atoms with Crippen molar-refractivity contribution in [2.24, 2.45) is 0 Å². The fourth-order valence-electron chi connectivity index (χ4n) is 1.74. The number of hydrogen-bond donors (Lipinski definition) is 2. The minimum atomic E-state index is -0.480. The molecule has 3 heteroatoms. The third kappa shape index (κ3) is 4.11. The van der Waals surface area contributed by atoms with Gasteiger partial charge in [0.15, 0.2) is 0 Å². The number of methoxy groups -OCH3 is 1. The molecule has 0 fully saturated rings. The van der Waals surface area contributed by atoms with Crippen LogP contribution < -0.4 is 5.32 Å². The molecule has 17 heavy (non-hydrogen) atoms. The molecule has 96 valence electrons. The van der Waals surface area contributed by atoms with Crippen molar-refractivity contribution in [3.05, 3.63) is 34.9 Å². The minimum Gasteiger partial charge on any atom is -0.387 e. The number of ether oxygens (including phenoxy) is 1. The van der Waals surface area contributed by atoms with Crippen LogP contribution in [0.5, 0.6) is 0 Å². The molecule has 0 radical (unpaired) electrons. The van der Waals surface area contributed by atoms with Gasteiger partial charge in [-0.05, 0) is 37.5 Å². The van der Waals surface area contributed by atoms with E-state index in [1.807, 2.05) is 13.0 Å². The zero-order chi connectivity index (χ0) is 12.8. The molecule has 0 spiro atoms. The number of benzene rings is 1. The van der Waals surface area contributed by atoms with Crippen LogP contribution >= 0.6 is 0 Å². The highest BCUT2D eigenvalue weighted by molar-refractivity contribution is 5.31. The lowest BCUT2D eigenvalue weighted by Gasteiger charge is -2.21. The van der Waals surface area contributed by atoms with E-state index in [1.54, 1.807) is 7.11 Å². The highest BCUT2D eigenvalue weighted by atomic mass is 16.5. The van der Waals surface area contributed by atoms with E-state index >= 15 is 0 Å². The van der Waals surface area contributed by atoms with Crippen molar-refractivity contribution in [1.82, 2.24) is 5.32 Å². The van der Waals surface area contributed by atoms with Crippen molar-refractivity contribution in [3.63, 3.8) is 0 Å². The molecule has 2 unspecified atom stereocenters. The van der Waals surface area contributed by atoms with Gasteiger partial charge < -0.3 is 15.2 Å². The number of aliphatic hydroxyl groups is 1. The molecule has 1 aromatic carbocycles. The van der Waals surface area contributed by atoms with Crippen LogP contribution in [-0.2, 0) is 4.74 Å². The van der Waals surface area contributed by atoms with E-state index in [9.17, 15) is 5.11 Å². The Balaban J connectivity index is 2.61. The molecule has 0 bridgehead atoms. The van der Waals surface area contributed by atoms with Crippen LogP contribution in [0, 0.1) is 13.8 Å². The van der Waals surface area contributed by atoms with Crippen LogP contribution in [0.2, 0.25) is 0 Å². The van der Waals surface area contributed by atoms with Gasteiger partial charge in [0.2, 0.25) is 0 Å². The van der Waals surface area contributed by atoms with E-state index in [1.165, 1.54) is 11.1 Å². The van der Waals surface area contributed by atoms with Gasteiger partial charge in [-0.15, -0.1) is 0 Å². The summed E-state index contributed by atoms with van der Waals surface area (Å²) in [5, 5.41) is 13.4. The van der Waals surface area contributed by atoms with Crippen LogP contribution in [-0.4, -0.2) is 31.4 Å². The average Bonchev–Trinajstić information content (AvgIpc) is 2.32. The average molecular weight is 237 g/mol. The van der Waals surface area contributed by atoms with Crippen molar-refractivity contribution in [2.45, 2.75) is 32.9 Å². The van der Waals surface area contributed by atoms with Gasteiger partial charge in [0.05, 0.1) is 12.7 Å².